The molecule has 0 bridgehead atoms. The van der Waals surface area contributed by atoms with Crippen molar-refractivity contribution in [2.24, 2.45) is 5.73 Å². The Hall–Kier alpha value is -1.06. The van der Waals surface area contributed by atoms with Gasteiger partial charge in [-0.15, -0.1) is 0 Å². The number of benzene rings is 1. The monoisotopic (exact) mass is 306 g/mol. The molecule has 0 unspecified atom stereocenters. The van der Waals surface area contributed by atoms with E-state index in [0.29, 0.717) is 6.54 Å². The lowest BCUT2D eigenvalue weighted by Gasteiger charge is -2.43. The van der Waals surface area contributed by atoms with Crippen LogP contribution in [0.3, 0.4) is 0 Å². The number of halogens is 1. The van der Waals surface area contributed by atoms with Gasteiger partial charge in [-0.3, -0.25) is 4.79 Å². The third kappa shape index (κ3) is 2.82. The van der Waals surface area contributed by atoms with E-state index in [1.807, 2.05) is 12.1 Å². The molecule has 0 spiro atoms. The average molecular weight is 307 g/mol. The highest BCUT2D eigenvalue weighted by molar-refractivity contribution is 6.30. The predicted octanol–water partition coefficient (Wildman–Crippen LogP) is 3.15. The van der Waals surface area contributed by atoms with Gasteiger partial charge in [0.25, 0.3) is 0 Å². The summed E-state index contributed by atoms with van der Waals surface area (Å²) in [5, 5.41) is 3.88. The van der Waals surface area contributed by atoms with Crippen LogP contribution in [0, 0.1) is 0 Å². The first kappa shape index (κ1) is 14.9. The van der Waals surface area contributed by atoms with Crippen molar-refractivity contribution in [1.82, 2.24) is 5.32 Å². The zero-order valence-electron chi connectivity index (χ0n) is 12.3. The van der Waals surface area contributed by atoms with Crippen LogP contribution in [0.25, 0.3) is 0 Å². The van der Waals surface area contributed by atoms with Gasteiger partial charge in [-0.2, -0.15) is 0 Å². The Labute approximate surface area is 131 Å². The van der Waals surface area contributed by atoms with Crippen LogP contribution in [0.15, 0.2) is 24.3 Å². The number of carbonyl (C=O) groups excluding carboxylic acids is 1. The maximum atomic E-state index is 12.4. The molecule has 2 fully saturated rings. The molecule has 1 aromatic rings. The lowest BCUT2D eigenvalue weighted by Crippen LogP contribution is -2.55. The molecule has 114 valence electrons. The third-order valence-corrected chi connectivity index (χ3v) is 5.55. The van der Waals surface area contributed by atoms with Crippen LogP contribution >= 0.6 is 11.6 Å². The summed E-state index contributed by atoms with van der Waals surface area (Å²) in [6.45, 7) is 0.687. The molecular formula is C17H23ClN2O. The summed E-state index contributed by atoms with van der Waals surface area (Å²) in [4.78, 5) is 12.4. The van der Waals surface area contributed by atoms with Gasteiger partial charge in [-0.1, -0.05) is 43.0 Å². The third-order valence-electron chi connectivity index (χ3n) is 5.30. The van der Waals surface area contributed by atoms with Crippen molar-refractivity contribution in [2.45, 2.75) is 55.9 Å². The molecule has 0 aliphatic heterocycles. The van der Waals surface area contributed by atoms with E-state index < -0.39 is 5.54 Å². The van der Waals surface area contributed by atoms with Crippen molar-refractivity contribution < 1.29 is 4.79 Å². The molecule has 21 heavy (non-hydrogen) atoms. The molecule has 0 atom stereocenters. The summed E-state index contributed by atoms with van der Waals surface area (Å²) in [6, 6.07) is 8.03. The Morgan fingerprint density at radius 3 is 2.24 bits per heavy atom. The van der Waals surface area contributed by atoms with Gasteiger partial charge in [0.05, 0.1) is 5.54 Å². The van der Waals surface area contributed by atoms with E-state index in [4.69, 9.17) is 17.3 Å². The minimum absolute atomic E-state index is 0.0280. The van der Waals surface area contributed by atoms with Crippen LogP contribution in [0.5, 0.6) is 0 Å². The van der Waals surface area contributed by atoms with E-state index in [0.717, 1.165) is 43.5 Å². The van der Waals surface area contributed by atoms with Crippen LogP contribution in [-0.4, -0.2) is 18.0 Å². The average Bonchev–Trinajstić information content (AvgIpc) is 2.87. The Morgan fingerprint density at radius 2 is 1.71 bits per heavy atom. The van der Waals surface area contributed by atoms with E-state index in [1.165, 1.54) is 12.0 Å². The van der Waals surface area contributed by atoms with Crippen molar-refractivity contribution in [2.75, 3.05) is 6.54 Å². The first-order valence-corrected chi connectivity index (χ1v) is 8.25. The van der Waals surface area contributed by atoms with Gasteiger partial charge in [0.15, 0.2) is 0 Å². The summed E-state index contributed by atoms with van der Waals surface area (Å²) in [7, 11) is 0. The normalized spacial score (nSPS) is 22.6. The first-order valence-electron chi connectivity index (χ1n) is 7.87. The van der Waals surface area contributed by atoms with Crippen LogP contribution in [-0.2, 0) is 10.2 Å². The lowest BCUT2D eigenvalue weighted by molar-refractivity contribution is -0.126. The number of carbonyl (C=O) groups is 1. The number of nitrogens with one attached hydrogen (secondary N) is 1. The number of nitrogens with two attached hydrogens (primary N) is 1. The van der Waals surface area contributed by atoms with Gasteiger partial charge in [-0.25, -0.2) is 0 Å². The molecule has 1 aromatic carbocycles. The SMILES string of the molecule is NC1(C(=O)NCC2(c3ccc(Cl)cc3)CCC2)CCCC1. The molecule has 2 aliphatic carbocycles. The highest BCUT2D eigenvalue weighted by Gasteiger charge is 2.42. The summed E-state index contributed by atoms with van der Waals surface area (Å²) >= 11 is 5.97. The molecule has 0 saturated heterocycles. The largest absolute Gasteiger partial charge is 0.354 e. The molecule has 3 nitrogen and oxygen atoms in total. The highest BCUT2D eigenvalue weighted by atomic mass is 35.5. The van der Waals surface area contributed by atoms with E-state index in [1.54, 1.807) is 0 Å². The Kier molecular flexibility index (Phi) is 3.98. The van der Waals surface area contributed by atoms with E-state index >= 15 is 0 Å². The van der Waals surface area contributed by atoms with Crippen molar-refractivity contribution in [1.29, 1.82) is 0 Å². The van der Waals surface area contributed by atoms with Crippen molar-refractivity contribution in [3.8, 4) is 0 Å². The molecular weight excluding hydrogens is 284 g/mol. The Balaban J connectivity index is 1.67. The fraction of sp³-hybridized carbons (Fsp3) is 0.588. The molecule has 0 heterocycles. The maximum Gasteiger partial charge on any atom is 0.240 e. The topological polar surface area (TPSA) is 55.1 Å². The van der Waals surface area contributed by atoms with Crippen LogP contribution < -0.4 is 11.1 Å². The number of hydrogen-bond acceptors (Lipinski definition) is 2. The van der Waals surface area contributed by atoms with E-state index in [-0.39, 0.29) is 11.3 Å². The Morgan fingerprint density at radius 1 is 1.10 bits per heavy atom. The standard InChI is InChI=1S/C17H23ClN2O/c18-14-6-4-13(5-7-14)16(8-3-9-16)12-20-15(21)17(19)10-1-2-11-17/h4-7H,1-3,8-12,19H2,(H,20,21). The first-order chi connectivity index (χ1) is 10.0. The van der Waals surface area contributed by atoms with Gasteiger partial charge < -0.3 is 11.1 Å². The van der Waals surface area contributed by atoms with Crippen LogP contribution in [0.1, 0.15) is 50.5 Å². The van der Waals surface area contributed by atoms with Crippen LogP contribution in [0.2, 0.25) is 5.02 Å². The number of amides is 1. The van der Waals surface area contributed by atoms with Crippen molar-refractivity contribution >= 4 is 17.5 Å². The van der Waals surface area contributed by atoms with Crippen molar-refractivity contribution in [3.05, 3.63) is 34.9 Å². The van der Waals surface area contributed by atoms with Gasteiger partial charge in [0.1, 0.15) is 0 Å². The fourth-order valence-electron chi connectivity index (χ4n) is 3.63. The highest BCUT2D eigenvalue weighted by Crippen LogP contribution is 2.43. The smallest absolute Gasteiger partial charge is 0.240 e. The van der Waals surface area contributed by atoms with Gasteiger partial charge in [0, 0.05) is 17.0 Å². The quantitative estimate of drug-likeness (QED) is 0.898. The minimum atomic E-state index is -0.634. The number of hydrogen-bond donors (Lipinski definition) is 2. The summed E-state index contributed by atoms with van der Waals surface area (Å²) < 4.78 is 0. The fourth-order valence-corrected chi connectivity index (χ4v) is 3.76. The molecule has 0 radical (unpaired) electrons. The second-order valence-corrected chi connectivity index (χ2v) is 7.12. The van der Waals surface area contributed by atoms with Crippen LogP contribution in [0.4, 0.5) is 0 Å². The molecule has 2 saturated carbocycles. The number of rotatable bonds is 4. The predicted molar refractivity (Wildman–Crippen MR) is 85.4 cm³/mol. The molecule has 3 rings (SSSR count). The van der Waals surface area contributed by atoms with Gasteiger partial charge >= 0.3 is 0 Å². The van der Waals surface area contributed by atoms with Crippen molar-refractivity contribution in [3.63, 3.8) is 0 Å². The summed E-state index contributed by atoms with van der Waals surface area (Å²) in [5.41, 5.74) is 6.94. The zero-order chi connectivity index (χ0) is 14.9. The minimum Gasteiger partial charge on any atom is -0.354 e. The molecule has 0 aromatic heterocycles. The van der Waals surface area contributed by atoms with E-state index in [9.17, 15) is 4.79 Å². The summed E-state index contributed by atoms with van der Waals surface area (Å²) in [5.74, 6) is 0.0280. The maximum absolute atomic E-state index is 12.4. The molecule has 2 aliphatic rings. The summed E-state index contributed by atoms with van der Waals surface area (Å²) in [6.07, 6.45) is 7.20. The second-order valence-electron chi connectivity index (χ2n) is 6.69. The van der Waals surface area contributed by atoms with E-state index in [2.05, 4.69) is 17.4 Å². The molecule has 1 amide bonds. The van der Waals surface area contributed by atoms with Gasteiger partial charge in [-0.05, 0) is 43.4 Å². The molecule has 3 N–H and O–H groups in total. The molecule has 4 heteroatoms. The zero-order valence-corrected chi connectivity index (χ0v) is 13.1. The van der Waals surface area contributed by atoms with Gasteiger partial charge in [0.2, 0.25) is 5.91 Å². The Bertz CT molecular complexity index is 516. The second kappa shape index (κ2) is 5.62. The lowest BCUT2D eigenvalue weighted by atomic mass is 9.64.